The second-order valence-electron chi connectivity index (χ2n) is 6.65. The second-order valence-corrected chi connectivity index (χ2v) is 6.65. The van der Waals surface area contributed by atoms with Gasteiger partial charge in [-0.25, -0.2) is 5.10 Å². The molecule has 4 rings (SSSR count). The van der Waals surface area contributed by atoms with Crippen molar-refractivity contribution in [1.29, 1.82) is 0 Å². The third-order valence-corrected chi connectivity index (χ3v) is 4.87. The Bertz CT molecular complexity index is 1240. The van der Waals surface area contributed by atoms with E-state index in [-0.39, 0.29) is 17.7 Å². The van der Waals surface area contributed by atoms with Gasteiger partial charge in [0.25, 0.3) is 0 Å². The zero-order valence-electron chi connectivity index (χ0n) is 16.1. The minimum Gasteiger partial charge on any atom is -0.496 e. The number of alkyl halides is 2. The fourth-order valence-electron chi connectivity index (χ4n) is 3.39. The molecule has 2 aromatic carbocycles. The van der Waals surface area contributed by atoms with Crippen LogP contribution in [0.15, 0.2) is 36.4 Å². The average Bonchev–Trinajstić information content (AvgIpc) is 3.37. The number of fused-ring (bicyclic) bond motifs is 1. The maximum absolute atomic E-state index is 14.8. The van der Waals surface area contributed by atoms with Crippen LogP contribution in [0.5, 0.6) is 5.75 Å². The van der Waals surface area contributed by atoms with Crippen LogP contribution >= 0.6 is 0 Å². The van der Waals surface area contributed by atoms with Crippen molar-refractivity contribution in [2.45, 2.75) is 19.4 Å². The van der Waals surface area contributed by atoms with E-state index in [4.69, 9.17) is 10.5 Å². The van der Waals surface area contributed by atoms with Crippen molar-refractivity contribution < 1.29 is 18.3 Å². The first-order chi connectivity index (χ1) is 14.3. The summed E-state index contributed by atoms with van der Waals surface area (Å²) in [5.74, 6) is -4.27. The highest BCUT2D eigenvalue weighted by atomic mass is 19.3. The predicted molar refractivity (Wildman–Crippen MR) is 102 cm³/mol. The smallest absolute Gasteiger partial charge is 0.333 e. The van der Waals surface area contributed by atoms with E-state index in [0.717, 1.165) is 0 Å². The molecule has 0 aliphatic carbocycles. The summed E-state index contributed by atoms with van der Waals surface area (Å²) in [7, 11) is 1.47. The Morgan fingerprint density at radius 1 is 1.30 bits per heavy atom. The van der Waals surface area contributed by atoms with Gasteiger partial charge in [-0.1, -0.05) is 18.2 Å². The first-order valence-corrected chi connectivity index (χ1v) is 8.88. The number of benzene rings is 2. The number of hydrogen-bond donors (Lipinski definition) is 2. The summed E-state index contributed by atoms with van der Waals surface area (Å²) in [5, 5.41) is 17.0. The quantitative estimate of drug-likeness (QED) is 0.499. The Labute approximate surface area is 168 Å². The molecule has 11 heteroatoms. The number of primary amides is 1. The number of H-pyrrole nitrogens is 1. The number of carbonyl (C=O) groups excluding carboxylic acids is 1. The molecule has 0 atom stereocenters. The van der Waals surface area contributed by atoms with Crippen LogP contribution in [0.3, 0.4) is 0 Å². The van der Waals surface area contributed by atoms with Gasteiger partial charge in [-0.15, -0.1) is 5.10 Å². The number of aromatic amines is 1. The molecule has 0 radical (unpaired) electrons. The van der Waals surface area contributed by atoms with Gasteiger partial charge in [-0.05, 0) is 35.5 Å². The predicted octanol–water partition coefficient (Wildman–Crippen LogP) is 2.15. The first-order valence-electron chi connectivity index (χ1n) is 8.88. The second kappa shape index (κ2) is 7.17. The zero-order chi connectivity index (χ0) is 21.5. The average molecular weight is 413 g/mol. The number of methoxy groups -OCH3 is 1. The molecule has 0 spiro atoms. The summed E-state index contributed by atoms with van der Waals surface area (Å²) in [6.45, 7) is 1.87. The molecule has 0 aliphatic rings. The van der Waals surface area contributed by atoms with E-state index in [2.05, 4.69) is 25.7 Å². The molecular formula is C19H17F2N7O2. The number of tetrazole rings is 1. The number of aromatic nitrogens is 6. The molecular weight excluding hydrogens is 396 g/mol. The summed E-state index contributed by atoms with van der Waals surface area (Å²) >= 11 is 0. The Kier molecular flexibility index (Phi) is 4.65. The Balaban J connectivity index is 1.85. The minimum atomic E-state index is -3.43. The molecule has 154 valence electrons. The van der Waals surface area contributed by atoms with E-state index in [1.807, 2.05) is 0 Å². The molecule has 0 fully saturated rings. The number of aryl methyl sites for hydroxylation is 1. The van der Waals surface area contributed by atoms with Gasteiger partial charge in [-0.2, -0.15) is 13.9 Å². The maximum atomic E-state index is 14.8. The molecule has 9 nitrogen and oxygen atoms in total. The molecule has 1 amide bonds. The Morgan fingerprint density at radius 2 is 2.10 bits per heavy atom. The van der Waals surface area contributed by atoms with Crippen LogP contribution in [-0.4, -0.2) is 43.4 Å². The monoisotopic (exact) mass is 413 g/mol. The number of nitrogens with one attached hydrogen (secondary N) is 1. The molecule has 4 aromatic rings. The van der Waals surface area contributed by atoms with Crippen molar-refractivity contribution in [3.63, 3.8) is 0 Å². The van der Waals surface area contributed by atoms with Gasteiger partial charge >= 0.3 is 5.92 Å². The number of hydrogen-bond acceptors (Lipinski definition) is 6. The fourth-order valence-corrected chi connectivity index (χ4v) is 3.39. The van der Waals surface area contributed by atoms with Crippen molar-refractivity contribution >= 4 is 16.8 Å². The van der Waals surface area contributed by atoms with E-state index in [1.165, 1.54) is 23.9 Å². The van der Waals surface area contributed by atoms with Crippen molar-refractivity contribution in [3.05, 3.63) is 64.6 Å². The normalized spacial score (nSPS) is 11.7. The lowest BCUT2D eigenvalue weighted by Gasteiger charge is -2.15. The molecule has 0 saturated heterocycles. The van der Waals surface area contributed by atoms with Crippen LogP contribution in [0.25, 0.3) is 10.9 Å². The number of rotatable bonds is 6. The lowest BCUT2D eigenvalue weighted by molar-refractivity contribution is 0.0330. The van der Waals surface area contributed by atoms with E-state index >= 15 is 0 Å². The summed E-state index contributed by atoms with van der Waals surface area (Å²) in [6, 6.07) is 9.13. The maximum Gasteiger partial charge on any atom is 0.333 e. The van der Waals surface area contributed by atoms with Crippen molar-refractivity contribution in [1.82, 2.24) is 30.4 Å². The van der Waals surface area contributed by atoms with Gasteiger partial charge in [0.15, 0.2) is 0 Å². The molecule has 2 aromatic heterocycles. The minimum absolute atomic E-state index is 0.103. The van der Waals surface area contributed by atoms with Gasteiger partial charge in [-0.3, -0.25) is 9.48 Å². The SMILES string of the molecule is COc1cccc(C(N)=O)c1Cn1nc(C)c2ccc(C(F)(F)c3nnn[nH]3)cc21. The zero-order valence-corrected chi connectivity index (χ0v) is 16.1. The fraction of sp³-hybridized carbons (Fsp3) is 0.211. The van der Waals surface area contributed by atoms with E-state index in [0.29, 0.717) is 27.9 Å². The van der Waals surface area contributed by atoms with Crippen molar-refractivity contribution in [2.24, 2.45) is 5.73 Å². The van der Waals surface area contributed by atoms with Crippen LogP contribution in [0.4, 0.5) is 8.78 Å². The molecule has 0 aliphatic heterocycles. The van der Waals surface area contributed by atoms with Gasteiger partial charge in [0.2, 0.25) is 11.7 Å². The standard InChI is InChI=1S/C19H17F2N7O2/c1-10-12-7-6-11(19(20,21)18-23-26-27-24-18)8-15(12)28(25-10)9-14-13(17(22)29)4-3-5-16(14)30-2/h3-8H,9H2,1-2H3,(H2,22,29)(H,23,24,26,27). The summed E-state index contributed by atoms with van der Waals surface area (Å²) in [4.78, 5) is 11.9. The Hall–Kier alpha value is -3.89. The van der Waals surface area contributed by atoms with Crippen molar-refractivity contribution in [2.75, 3.05) is 7.11 Å². The molecule has 3 N–H and O–H groups in total. The number of amides is 1. The number of halogens is 2. The van der Waals surface area contributed by atoms with Crippen LogP contribution < -0.4 is 10.5 Å². The molecule has 0 saturated carbocycles. The topological polar surface area (TPSA) is 125 Å². The number of nitrogens with zero attached hydrogens (tertiary/aromatic N) is 5. The highest BCUT2D eigenvalue weighted by molar-refractivity contribution is 5.95. The molecule has 0 unspecified atom stereocenters. The number of nitrogens with two attached hydrogens (primary N) is 1. The van der Waals surface area contributed by atoms with Crippen molar-refractivity contribution in [3.8, 4) is 5.75 Å². The summed E-state index contributed by atoms with van der Waals surface area (Å²) in [6.07, 6.45) is 0. The highest BCUT2D eigenvalue weighted by Gasteiger charge is 2.38. The lowest BCUT2D eigenvalue weighted by atomic mass is 10.0. The van der Waals surface area contributed by atoms with E-state index in [1.54, 1.807) is 31.2 Å². The molecule has 2 heterocycles. The van der Waals surface area contributed by atoms with Crippen LogP contribution in [0.1, 0.15) is 33.0 Å². The van der Waals surface area contributed by atoms with Crippen LogP contribution in [0, 0.1) is 6.92 Å². The first kappa shape index (κ1) is 19.4. The molecule has 30 heavy (non-hydrogen) atoms. The lowest BCUT2D eigenvalue weighted by Crippen LogP contribution is -2.18. The van der Waals surface area contributed by atoms with Crippen LogP contribution in [-0.2, 0) is 12.5 Å². The van der Waals surface area contributed by atoms with Gasteiger partial charge in [0.1, 0.15) is 5.75 Å². The van der Waals surface area contributed by atoms with Gasteiger partial charge in [0.05, 0.1) is 24.9 Å². The number of ether oxygens (including phenoxy) is 1. The summed E-state index contributed by atoms with van der Waals surface area (Å²) < 4.78 is 36.5. The molecule has 0 bridgehead atoms. The Morgan fingerprint density at radius 3 is 2.77 bits per heavy atom. The van der Waals surface area contributed by atoms with Gasteiger partial charge in [0, 0.05) is 22.1 Å². The largest absolute Gasteiger partial charge is 0.496 e. The third kappa shape index (κ3) is 3.13. The highest BCUT2D eigenvalue weighted by Crippen LogP contribution is 2.35. The van der Waals surface area contributed by atoms with E-state index < -0.39 is 17.7 Å². The summed E-state index contributed by atoms with van der Waals surface area (Å²) in [5.41, 5.74) is 7.08. The number of carbonyl (C=O) groups is 1. The van der Waals surface area contributed by atoms with E-state index in [9.17, 15) is 13.6 Å². The van der Waals surface area contributed by atoms with Gasteiger partial charge < -0.3 is 10.5 Å². The van der Waals surface area contributed by atoms with Crippen LogP contribution in [0.2, 0.25) is 0 Å². The third-order valence-electron chi connectivity index (χ3n) is 4.87.